The van der Waals surface area contributed by atoms with Crippen molar-refractivity contribution in [2.24, 2.45) is 0 Å². The highest BCUT2D eigenvalue weighted by Gasteiger charge is 2.33. The number of β-amino-alcohol motifs (C(OH)–C–C–N with tert-alkyl or cyclic N) is 1. The van der Waals surface area contributed by atoms with Crippen molar-refractivity contribution in [1.82, 2.24) is 25.1 Å². The Hall–Kier alpha value is -3.04. The molecule has 1 atom stereocenters. The molecule has 2 aromatic rings. The number of carbonyl (C=O) groups is 2. The number of nitrogens with zero attached hydrogens (tertiary/aromatic N) is 4. The molecule has 2 aliphatic rings. The van der Waals surface area contributed by atoms with E-state index >= 15 is 0 Å². The number of benzene rings is 1. The molecule has 0 spiro atoms. The number of amides is 2. The average Bonchev–Trinajstić information content (AvgIpc) is 2.79. The van der Waals surface area contributed by atoms with Crippen LogP contribution in [0.3, 0.4) is 0 Å². The van der Waals surface area contributed by atoms with Gasteiger partial charge in [-0.2, -0.15) is 0 Å². The third-order valence-electron chi connectivity index (χ3n) is 6.59. The normalized spacial score (nSPS) is 20.8. The van der Waals surface area contributed by atoms with Crippen LogP contribution in [0.25, 0.3) is 0 Å². The molecule has 1 saturated carbocycles. The number of anilines is 1. The van der Waals surface area contributed by atoms with Gasteiger partial charge in [-0.05, 0) is 30.4 Å². The third kappa shape index (κ3) is 5.85. The maximum atomic E-state index is 12.5. The monoisotopic (exact) mass is 452 g/mol. The lowest BCUT2D eigenvalue weighted by Crippen LogP contribution is -2.50. The Bertz CT molecular complexity index is 994. The number of fused-ring (bicyclic) bond motifs is 1. The molecule has 1 aliphatic heterocycles. The Balaban J connectivity index is 1.22. The van der Waals surface area contributed by atoms with Gasteiger partial charge in [0.25, 0.3) is 5.91 Å². The van der Waals surface area contributed by atoms with Gasteiger partial charge in [0.2, 0.25) is 5.91 Å². The first-order chi connectivity index (χ1) is 15.9. The van der Waals surface area contributed by atoms with Gasteiger partial charge in [0, 0.05) is 58.3 Å². The van der Waals surface area contributed by atoms with Crippen LogP contribution < -0.4 is 10.6 Å². The predicted octanol–water partition coefficient (Wildman–Crippen LogP) is 1.05. The van der Waals surface area contributed by atoms with Crippen molar-refractivity contribution in [2.45, 2.75) is 50.9 Å². The molecule has 4 rings (SSSR count). The number of carbonyl (C=O) groups excluding carboxylic acids is 2. The number of nitrogens with one attached hydrogen (secondary N) is 2. The van der Waals surface area contributed by atoms with Crippen LogP contribution in [0, 0.1) is 0 Å². The van der Waals surface area contributed by atoms with Crippen LogP contribution in [-0.2, 0) is 17.8 Å². The molecule has 1 aromatic heterocycles. The Morgan fingerprint density at radius 2 is 2.00 bits per heavy atom. The van der Waals surface area contributed by atoms with Crippen LogP contribution in [0.15, 0.2) is 36.7 Å². The topological polar surface area (TPSA) is 111 Å². The lowest BCUT2D eigenvalue weighted by Gasteiger charge is -2.41. The molecular formula is C24H32N6O3. The lowest BCUT2D eigenvalue weighted by atomic mass is 9.85. The third-order valence-corrected chi connectivity index (χ3v) is 6.59. The number of hydrogen-bond acceptors (Lipinski definition) is 7. The van der Waals surface area contributed by atoms with E-state index in [1.165, 1.54) is 17.5 Å². The molecule has 176 valence electrons. The van der Waals surface area contributed by atoms with Gasteiger partial charge < -0.3 is 20.6 Å². The summed E-state index contributed by atoms with van der Waals surface area (Å²) < 4.78 is 0. The number of aliphatic hydroxyl groups is 1. The zero-order chi connectivity index (χ0) is 23.4. The fourth-order valence-electron chi connectivity index (χ4n) is 4.42. The molecule has 33 heavy (non-hydrogen) atoms. The van der Waals surface area contributed by atoms with E-state index in [1.54, 1.807) is 17.9 Å². The van der Waals surface area contributed by atoms with E-state index in [9.17, 15) is 14.7 Å². The Labute approximate surface area is 194 Å². The molecule has 9 nitrogen and oxygen atoms in total. The standard InChI is InChI=1S/C24H32N6O3/c1-16(31)29(2)20-9-19(10-20)28-23-11-22(26-15-27-23)24(33)25-12-21(32)14-30-8-7-17-5-3-4-6-18(17)13-30/h3-6,11,15,19-21,32H,7-10,12-14H2,1-2H3,(H,25,33)(H,26,27,28)/t19-,20-,21-/m0/s1. The second-order valence-corrected chi connectivity index (χ2v) is 9.00. The number of aliphatic hydroxyl groups excluding tert-OH is 1. The van der Waals surface area contributed by atoms with E-state index in [1.807, 2.05) is 13.1 Å². The first-order valence-electron chi connectivity index (χ1n) is 11.5. The summed E-state index contributed by atoms with van der Waals surface area (Å²) in [5.74, 6) is 0.301. The van der Waals surface area contributed by atoms with Gasteiger partial charge in [0.15, 0.2) is 0 Å². The van der Waals surface area contributed by atoms with Crippen LogP contribution in [0.2, 0.25) is 0 Å². The molecule has 2 heterocycles. The summed E-state index contributed by atoms with van der Waals surface area (Å²) >= 11 is 0. The minimum absolute atomic E-state index is 0.0618. The van der Waals surface area contributed by atoms with Crippen LogP contribution >= 0.6 is 0 Å². The van der Waals surface area contributed by atoms with Crippen LogP contribution in [0.1, 0.15) is 41.4 Å². The van der Waals surface area contributed by atoms with Gasteiger partial charge >= 0.3 is 0 Å². The second kappa shape index (κ2) is 10.3. The van der Waals surface area contributed by atoms with Gasteiger partial charge in [-0.1, -0.05) is 24.3 Å². The molecule has 9 heteroatoms. The zero-order valence-corrected chi connectivity index (χ0v) is 19.2. The van der Waals surface area contributed by atoms with Gasteiger partial charge in [-0.15, -0.1) is 0 Å². The fourth-order valence-corrected chi connectivity index (χ4v) is 4.42. The summed E-state index contributed by atoms with van der Waals surface area (Å²) in [6, 6.07) is 10.4. The van der Waals surface area contributed by atoms with Gasteiger partial charge in [0.05, 0.1) is 6.10 Å². The van der Waals surface area contributed by atoms with Gasteiger partial charge in [-0.3, -0.25) is 14.5 Å². The minimum Gasteiger partial charge on any atom is -0.390 e. The van der Waals surface area contributed by atoms with E-state index < -0.39 is 6.10 Å². The van der Waals surface area contributed by atoms with Crippen molar-refractivity contribution < 1.29 is 14.7 Å². The Morgan fingerprint density at radius 3 is 2.76 bits per heavy atom. The summed E-state index contributed by atoms with van der Waals surface area (Å²) in [5, 5.41) is 16.5. The van der Waals surface area contributed by atoms with E-state index in [2.05, 4.69) is 43.7 Å². The first kappa shape index (κ1) is 23.1. The summed E-state index contributed by atoms with van der Waals surface area (Å²) in [7, 11) is 1.81. The van der Waals surface area contributed by atoms with Crippen LogP contribution in [0.5, 0.6) is 0 Å². The van der Waals surface area contributed by atoms with Crippen molar-refractivity contribution >= 4 is 17.6 Å². The molecular weight excluding hydrogens is 420 g/mol. The van der Waals surface area contributed by atoms with Gasteiger partial charge in [0.1, 0.15) is 17.8 Å². The number of hydrogen-bond donors (Lipinski definition) is 3. The zero-order valence-electron chi connectivity index (χ0n) is 19.2. The molecule has 0 radical (unpaired) electrons. The molecule has 1 aliphatic carbocycles. The predicted molar refractivity (Wildman–Crippen MR) is 125 cm³/mol. The van der Waals surface area contributed by atoms with Crippen molar-refractivity contribution in [3.8, 4) is 0 Å². The van der Waals surface area contributed by atoms with Crippen LogP contribution in [0.4, 0.5) is 5.82 Å². The molecule has 0 bridgehead atoms. The molecule has 1 fully saturated rings. The minimum atomic E-state index is -0.663. The fraction of sp³-hybridized carbons (Fsp3) is 0.500. The Morgan fingerprint density at radius 1 is 1.24 bits per heavy atom. The van der Waals surface area contributed by atoms with Gasteiger partial charge in [-0.25, -0.2) is 9.97 Å². The molecule has 3 N–H and O–H groups in total. The number of aromatic nitrogens is 2. The van der Waals surface area contributed by atoms with Crippen molar-refractivity contribution in [3.05, 3.63) is 53.5 Å². The van der Waals surface area contributed by atoms with Crippen molar-refractivity contribution in [2.75, 3.05) is 32.0 Å². The second-order valence-electron chi connectivity index (χ2n) is 9.00. The highest BCUT2D eigenvalue weighted by Crippen LogP contribution is 2.27. The summed E-state index contributed by atoms with van der Waals surface area (Å²) in [4.78, 5) is 36.2. The van der Waals surface area contributed by atoms with Crippen LogP contribution in [-0.4, -0.2) is 81.6 Å². The summed E-state index contributed by atoms with van der Waals surface area (Å²) in [6.45, 7) is 3.94. The van der Waals surface area contributed by atoms with E-state index in [0.717, 1.165) is 32.4 Å². The maximum absolute atomic E-state index is 12.5. The summed E-state index contributed by atoms with van der Waals surface area (Å²) in [6.07, 6.45) is 3.35. The van der Waals surface area contributed by atoms with Crippen molar-refractivity contribution in [1.29, 1.82) is 0 Å². The first-order valence-corrected chi connectivity index (χ1v) is 11.5. The molecule has 0 saturated heterocycles. The average molecular weight is 453 g/mol. The molecule has 0 unspecified atom stereocenters. The maximum Gasteiger partial charge on any atom is 0.270 e. The summed E-state index contributed by atoms with van der Waals surface area (Å²) in [5.41, 5.74) is 2.92. The Kier molecular flexibility index (Phi) is 7.20. The molecule has 2 amide bonds. The van der Waals surface area contributed by atoms with E-state index in [-0.39, 0.29) is 36.1 Å². The smallest absolute Gasteiger partial charge is 0.270 e. The highest BCUT2D eigenvalue weighted by molar-refractivity contribution is 5.92. The highest BCUT2D eigenvalue weighted by atomic mass is 16.3. The van der Waals surface area contributed by atoms with Crippen molar-refractivity contribution in [3.63, 3.8) is 0 Å². The lowest BCUT2D eigenvalue weighted by molar-refractivity contribution is -0.131. The quantitative estimate of drug-likeness (QED) is 0.549. The van der Waals surface area contributed by atoms with E-state index in [0.29, 0.717) is 12.4 Å². The van der Waals surface area contributed by atoms with E-state index in [4.69, 9.17) is 0 Å². The SMILES string of the molecule is CC(=O)N(C)[C@H]1C[C@H](Nc2cc(C(=O)NC[C@H](O)CN3CCc4ccccc4C3)ncn2)C1. The largest absolute Gasteiger partial charge is 0.390 e. The number of rotatable bonds is 8. The molecule has 1 aromatic carbocycles.